The Morgan fingerprint density at radius 1 is 1.43 bits per heavy atom. The lowest BCUT2D eigenvalue weighted by atomic mass is 10.1. The summed E-state index contributed by atoms with van der Waals surface area (Å²) in [5.41, 5.74) is 0. The number of hydrogen-bond donors (Lipinski definition) is 2. The Morgan fingerprint density at radius 2 is 2.36 bits per heavy atom. The molecule has 76 valence electrons. The van der Waals surface area contributed by atoms with E-state index in [2.05, 4.69) is 15.3 Å². The van der Waals surface area contributed by atoms with Crippen LogP contribution in [-0.4, -0.2) is 27.7 Å². The second-order valence-electron chi connectivity index (χ2n) is 3.73. The molecule has 1 aromatic heterocycles. The highest BCUT2D eigenvalue weighted by Gasteiger charge is 2.24. The van der Waals surface area contributed by atoms with Gasteiger partial charge in [-0.05, 0) is 12.8 Å². The molecule has 1 saturated carbocycles. The number of aliphatic hydroxyl groups is 1. The number of nitrogens with zero attached hydrogens (tertiary/aromatic N) is 2. The maximum atomic E-state index is 9.59. The van der Waals surface area contributed by atoms with E-state index in [0.29, 0.717) is 5.92 Å². The van der Waals surface area contributed by atoms with Gasteiger partial charge in [-0.15, -0.1) is 0 Å². The van der Waals surface area contributed by atoms with Gasteiger partial charge in [0, 0.05) is 24.9 Å². The average Bonchev–Trinajstić information content (AvgIpc) is 2.63. The maximum absolute atomic E-state index is 9.59. The average molecular weight is 193 g/mol. The highest BCUT2D eigenvalue weighted by molar-refractivity contribution is 5.29. The standard InChI is InChI=1S/C10H15N3O/c14-9-3-1-2-8(9)6-13-10-7-11-4-5-12-10/h4-5,7-9,14H,1-3,6H2,(H,12,13). The lowest BCUT2D eigenvalue weighted by Crippen LogP contribution is -2.22. The minimum atomic E-state index is -0.140. The Kier molecular flexibility index (Phi) is 2.93. The molecule has 0 amide bonds. The number of rotatable bonds is 3. The number of aromatic nitrogens is 2. The van der Waals surface area contributed by atoms with Crippen LogP contribution in [0.2, 0.25) is 0 Å². The second-order valence-corrected chi connectivity index (χ2v) is 3.73. The van der Waals surface area contributed by atoms with Crippen molar-refractivity contribution in [2.24, 2.45) is 5.92 Å². The summed E-state index contributed by atoms with van der Waals surface area (Å²) < 4.78 is 0. The van der Waals surface area contributed by atoms with Crippen LogP contribution in [0.3, 0.4) is 0 Å². The van der Waals surface area contributed by atoms with Crippen LogP contribution in [0.15, 0.2) is 18.6 Å². The van der Waals surface area contributed by atoms with Gasteiger partial charge in [0.15, 0.2) is 0 Å². The molecule has 4 heteroatoms. The zero-order valence-corrected chi connectivity index (χ0v) is 8.06. The highest BCUT2D eigenvalue weighted by atomic mass is 16.3. The smallest absolute Gasteiger partial charge is 0.144 e. The van der Waals surface area contributed by atoms with Gasteiger partial charge in [0.2, 0.25) is 0 Å². The third-order valence-corrected chi connectivity index (χ3v) is 2.73. The molecule has 1 aliphatic carbocycles. The van der Waals surface area contributed by atoms with Crippen LogP contribution in [0, 0.1) is 5.92 Å². The van der Waals surface area contributed by atoms with Gasteiger partial charge in [0.1, 0.15) is 5.82 Å². The van der Waals surface area contributed by atoms with Gasteiger partial charge in [-0.2, -0.15) is 0 Å². The molecule has 0 radical (unpaired) electrons. The van der Waals surface area contributed by atoms with Crippen LogP contribution in [0.5, 0.6) is 0 Å². The minimum absolute atomic E-state index is 0.140. The van der Waals surface area contributed by atoms with Crippen molar-refractivity contribution in [2.75, 3.05) is 11.9 Å². The predicted octanol–water partition coefficient (Wildman–Crippen LogP) is 1.05. The Hall–Kier alpha value is -1.16. The first-order valence-corrected chi connectivity index (χ1v) is 5.04. The van der Waals surface area contributed by atoms with Gasteiger partial charge < -0.3 is 10.4 Å². The van der Waals surface area contributed by atoms with Crippen LogP contribution in [-0.2, 0) is 0 Å². The lowest BCUT2D eigenvalue weighted by Gasteiger charge is -2.14. The van der Waals surface area contributed by atoms with E-state index in [0.717, 1.165) is 31.6 Å². The Bertz CT molecular complexity index is 278. The summed E-state index contributed by atoms with van der Waals surface area (Å²) in [6.45, 7) is 0.792. The zero-order chi connectivity index (χ0) is 9.80. The summed E-state index contributed by atoms with van der Waals surface area (Å²) in [4.78, 5) is 8.07. The van der Waals surface area contributed by atoms with E-state index in [9.17, 15) is 5.11 Å². The quantitative estimate of drug-likeness (QED) is 0.753. The number of nitrogens with one attached hydrogen (secondary N) is 1. The molecule has 0 aliphatic heterocycles. The van der Waals surface area contributed by atoms with Crippen LogP contribution >= 0.6 is 0 Å². The summed E-state index contributed by atoms with van der Waals surface area (Å²) in [6, 6.07) is 0. The van der Waals surface area contributed by atoms with E-state index < -0.39 is 0 Å². The molecule has 0 saturated heterocycles. The van der Waals surface area contributed by atoms with Gasteiger partial charge in [-0.25, -0.2) is 4.98 Å². The molecule has 0 bridgehead atoms. The zero-order valence-electron chi connectivity index (χ0n) is 8.06. The third kappa shape index (κ3) is 2.20. The molecule has 1 heterocycles. The van der Waals surface area contributed by atoms with Crippen molar-refractivity contribution in [2.45, 2.75) is 25.4 Å². The number of anilines is 1. The fraction of sp³-hybridized carbons (Fsp3) is 0.600. The molecular formula is C10H15N3O. The number of aliphatic hydroxyl groups excluding tert-OH is 1. The molecule has 1 aliphatic rings. The monoisotopic (exact) mass is 193 g/mol. The molecule has 4 nitrogen and oxygen atoms in total. The van der Waals surface area contributed by atoms with E-state index in [1.165, 1.54) is 0 Å². The molecule has 2 unspecified atom stereocenters. The molecule has 0 spiro atoms. The summed E-state index contributed by atoms with van der Waals surface area (Å²) in [5, 5.41) is 12.8. The molecule has 0 aromatic carbocycles. The van der Waals surface area contributed by atoms with Crippen molar-refractivity contribution in [3.63, 3.8) is 0 Å². The van der Waals surface area contributed by atoms with Gasteiger partial charge >= 0.3 is 0 Å². The summed E-state index contributed by atoms with van der Waals surface area (Å²) >= 11 is 0. The molecule has 2 atom stereocenters. The Morgan fingerprint density at radius 3 is 3.00 bits per heavy atom. The summed E-state index contributed by atoms with van der Waals surface area (Å²) in [7, 11) is 0. The van der Waals surface area contributed by atoms with Gasteiger partial charge in [-0.1, -0.05) is 6.42 Å². The molecule has 14 heavy (non-hydrogen) atoms. The van der Waals surface area contributed by atoms with Crippen LogP contribution in [0.25, 0.3) is 0 Å². The van der Waals surface area contributed by atoms with E-state index in [-0.39, 0.29) is 6.10 Å². The van der Waals surface area contributed by atoms with Crippen molar-refractivity contribution >= 4 is 5.82 Å². The van der Waals surface area contributed by atoms with Gasteiger partial charge in [-0.3, -0.25) is 4.98 Å². The van der Waals surface area contributed by atoms with Crippen LogP contribution in [0.1, 0.15) is 19.3 Å². The topological polar surface area (TPSA) is 58.0 Å². The second kappa shape index (κ2) is 4.37. The Balaban J connectivity index is 1.82. The Labute approximate surface area is 83.4 Å². The van der Waals surface area contributed by atoms with E-state index in [1.807, 2.05) is 0 Å². The van der Waals surface area contributed by atoms with Crippen LogP contribution < -0.4 is 5.32 Å². The summed E-state index contributed by atoms with van der Waals surface area (Å²) in [6.07, 6.45) is 8.04. The SMILES string of the molecule is OC1CCCC1CNc1cnccn1. The highest BCUT2D eigenvalue weighted by Crippen LogP contribution is 2.25. The normalized spacial score (nSPS) is 26.4. The predicted molar refractivity (Wildman–Crippen MR) is 53.9 cm³/mol. The fourth-order valence-electron chi connectivity index (χ4n) is 1.88. The lowest BCUT2D eigenvalue weighted by molar-refractivity contribution is 0.138. The minimum Gasteiger partial charge on any atom is -0.393 e. The first-order chi connectivity index (χ1) is 6.86. The maximum Gasteiger partial charge on any atom is 0.144 e. The third-order valence-electron chi connectivity index (χ3n) is 2.73. The summed E-state index contributed by atoms with van der Waals surface area (Å²) in [5.74, 6) is 1.16. The van der Waals surface area contributed by atoms with Gasteiger partial charge in [0.05, 0.1) is 12.3 Å². The van der Waals surface area contributed by atoms with Crippen molar-refractivity contribution < 1.29 is 5.11 Å². The molecular weight excluding hydrogens is 178 g/mol. The molecule has 1 aromatic rings. The van der Waals surface area contributed by atoms with Crippen molar-refractivity contribution in [3.8, 4) is 0 Å². The molecule has 1 fully saturated rings. The first-order valence-electron chi connectivity index (χ1n) is 5.04. The largest absolute Gasteiger partial charge is 0.393 e. The van der Waals surface area contributed by atoms with Crippen molar-refractivity contribution in [1.29, 1.82) is 0 Å². The first kappa shape index (κ1) is 9.40. The van der Waals surface area contributed by atoms with E-state index in [1.54, 1.807) is 18.6 Å². The van der Waals surface area contributed by atoms with Crippen molar-refractivity contribution in [1.82, 2.24) is 9.97 Å². The van der Waals surface area contributed by atoms with Gasteiger partial charge in [0.25, 0.3) is 0 Å². The molecule has 2 rings (SSSR count). The number of hydrogen-bond acceptors (Lipinski definition) is 4. The van der Waals surface area contributed by atoms with E-state index in [4.69, 9.17) is 0 Å². The molecule has 2 N–H and O–H groups in total. The fourth-order valence-corrected chi connectivity index (χ4v) is 1.88. The van der Waals surface area contributed by atoms with Crippen LogP contribution in [0.4, 0.5) is 5.82 Å². The van der Waals surface area contributed by atoms with Crippen molar-refractivity contribution in [3.05, 3.63) is 18.6 Å². The van der Waals surface area contributed by atoms with E-state index >= 15 is 0 Å².